The average molecular weight is 411 g/mol. The van der Waals surface area contributed by atoms with Crippen LogP contribution in [0.15, 0.2) is 66.9 Å². The van der Waals surface area contributed by atoms with E-state index in [4.69, 9.17) is 0 Å². The molecule has 3 aromatic rings. The van der Waals surface area contributed by atoms with Gasteiger partial charge in [0.05, 0.1) is 6.42 Å². The first-order valence-electron chi connectivity index (χ1n) is 10.4. The Kier molecular flexibility index (Phi) is 4.82. The van der Waals surface area contributed by atoms with E-state index in [0.717, 1.165) is 16.8 Å². The molecule has 0 radical (unpaired) electrons. The number of aromatic nitrogens is 1. The lowest BCUT2D eigenvalue weighted by molar-refractivity contribution is -0.132. The van der Waals surface area contributed by atoms with Crippen molar-refractivity contribution in [2.75, 3.05) is 26.2 Å². The summed E-state index contributed by atoms with van der Waals surface area (Å²) in [5.41, 5.74) is 4.31. The van der Waals surface area contributed by atoms with E-state index in [1.165, 1.54) is 0 Å². The monoisotopic (exact) mass is 411 g/mol. The van der Waals surface area contributed by atoms with E-state index >= 15 is 0 Å². The molecule has 1 aromatic heterocycles. The van der Waals surface area contributed by atoms with Crippen LogP contribution >= 0.6 is 0 Å². The van der Waals surface area contributed by atoms with Crippen molar-refractivity contribution in [2.45, 2.75) is 6.42 Å². The van der Waals surface area contributed by atoms with Crippen molar-refractivity contribution in [3.05, 3.63) is 89.2 Å². The van der Waals surface area contributed by atoms with Crippen LogP contribution in [-0.4, -0.2) is 58.6 Å². The number of carbonyl (C=O) groups is 3. The van der Waals surface area contributed by atoms with Gasteiger partial charge < -0.3 is 9.80 Å². The predicted octanol–water partition coefficient (Wildman–Crippen LogP) is 2.82. The van der Waals surface area contributed by atoms with Crippen LogP contribution in [0.4, 0.5) is 0 Å². The van der Waals surface area contributed by atoms with Crippen molar-refractivity contribution in [3.63, 3.8) is 0 Å². The third-order valence-corrected chi connectivity index (χ3v) is 5.95. The molecule has 31 heavy (non-hydrogen) atoms. The summed E-state index contributed by atoms with van der Waals surface area (Å²) in [6, 6.07) is 18.4. The molecule has 0 saturated carbocycles. The Morgan fingerprint density at radius 1 is 0.774 bits per heavy atom. The molecule has 1 aliphatic carbocycles. The highest BCUT2D eigenvalue weighted by atomic mass is 16.2. The Bertz CT molecular complexity index is 1180. The fourth-order valence-electron chi connectivity index (χ4n) is 4.27. The SMILES string of the molecule is O=C1c2ccccc2-c2ccc(C(=O)N3CCN(C(=O)Cc4ccccn4)CC3)cc21. The molecule has 0 atom stereocenters. The summed E-state index contributed by atoms with van der Waals surface area (Å²) in [6.45, 7) is 1.93. The summed E-state index contributed by atoms with van der Waals surface area (Å²) < 4.78 is 0. The van der Waals surface area contributed by atoms with Gasteiger partial charge in [-0.25, -0.2) is 0 Å². The summed E-state index contributed by atoms with van der Waals surface area (Å²) in [7, 11) is 0. The summed E-state index contributed by atoms with van der Waals surface area (Å²) in [6.07, 6.45) is 1.95. The molecule has 0 bridgehead atoms. The molecule has 2 aromatic carbocycles. The van der Waals surface area contributed by atoms with Crippen LogP contribution in [0.25, 0.3) is 11.1 Å². The molecule has 0 N–H and O–H groups in total. The second kappa shape index (κ2) is 7.80. The molecule has 2 amide bonds. The van der Waals surface area contributed by atoms with E-state index < -0.39 is 0 Å². The molecule has 2 heterocycles. The van der Waals surface area contributed by atoms with Gasteiger partial charge in [0.2, 0.25) is 5.91 Å². The lowest BCUT2D eigenvalue weighted by Gasteiger charge is -2.35. The molecular formula is C25H21N3O3. The number of amides is 2. The van der Waals surface area contributed by atoms with Gasteiger partial charge >= 0.3 is 0 Å². The maximum absolute atomic E-state index is 13.0. The van der Waals surface area contributed by atoms with Crippen LogP contribution in [0.2, 0.25) is 0 Å². The molecule has 6 nitrogen and oxygen atoms in total. The number of carbonyl (C=O) groups excluding carboxylic acids is 3. The topological polar surface area (TPSA) is 70.6 Å². The Morgan fingerprint density at radius 2 is 1.45 bits per heavy atom. The number of ketones is 1. The minimum absolute atomic E-state index is 0.0201. The van der Waals surface area contributed by atoms with E-state index in [2.05, 4.69) is 4.98 Å². The van der Waals surface area contributed by atoms with E-state index in [-0.39, 0.29) is 24.0 Å². The van der Waals surface area contributed by atoms with Gasteiger partial charge in [0.25, 0.3) is 5.91 Å². The van der Waals surface area contributed by atoms with E-state index in [0.29, 0.717) is 42.9 Å². The summed E-state index contributed by atoms with van der Waals surface area (Å²) in [4.78, 5) is 46.0. The van der Waals surface area contributed by atoms with Crippen LogP contribution in [0.1, 0.15) is 32.0 Å². The van der Waals surface area contributed by atoms with Crippen molar-refractivity contribution < 1.29 is 14.4 Å². The smallest absolute Gasteiger partial charge is 0.253 e. The molecule has 0 spiro atoms. The first-order chi connectivity index (χ1) is 15.1. The van der Waals surface area contributed by atoms with Crippen molar-refractivity contribution in [1.82, 2.24) is 14.8 Å². The van der Waals surface area contributed by atoms with Crippen LogP contribution in [0.3, 0.4) is 0 Å². The van der Waals surface area contributed by atoms with Crippen molar-refractivity contribution in [3.8, 4) is 11.1 Å². The molecule has 1 saturated heterocycles. The Morgan fingerprint density at radius 3 is 2.19 bits per heavy atom. The molecule has 154 valence electrons. The zero-order chi connectivity index (χ0) is 21.4. The summed E-state index contributed by atoms with van der Waals surface area (Å²) in [5.74, 6) is -0.125. The third-order valence-electron chi connectivity index (χ3n) is 5.95. The zero-order valence-corrected chi connectivity index (χ0v) is 17.0. The van der Waals surface area contributed by atoms with E-state index in [1.54, 1.807) is 28.1 Å². The quantitative estimate of drug-likeness (QED) is 0.520. The normalized spacial score (nSPS) is 14.9. The number of fused-ring (bicyclic) bond motifs is 3. The number of hydrogen-bond donors (Lipinski definition) is 0. The second-order valence-corrected chi connectivity index (χ2v) is 7.81. The highest BCUT2D eigenvalue weighted by Crippen LogP contribution is 2.36. The lowest BCUT2D eigenvalue weighted by atomic mass is 10.0. The van der Waals surface area contributed by atoms with Crippen LogP contribution in [0, 0.1) is 0 Å². The maximum Gasteiger partial charge on any atom is 0.253 e. The highest BCUT2D eigenvalue weighted by Gasteiger charge is 2.29. The number of hydrogen-bond acceptors (Lipinski definition) is 4. The molecular weight excluding hydrogens is 390 g/mol. The first-order valence-corrected chi connectivity index (χ1v) is 10.4. The number of piperazine rings is 1. The highest BCUT2D eigenvalue weighted by molar-refractivity contribution is 6.22. The fraction of sp³-hybridized carbons (Fsp3) is 0.200. The third kappa shape index (κ3) is 3.50. The van der Waals surface area contributed by atoms with Crippen LogP contribution in [0.5, 0.6) is 0 Å². The summed E-state index contributed by atoms with van der Waals surface area (Å²) in [5, 5.41) is 0. The van der Waals surface area contributed by atoms with Crippen molar-refractivity contribution in [1.29, 1.82) is 0 Å². The van der Waals surface area contributed by atoms with E-state index in [1.807, 2.05) is 48.5 Å². The summed E-state index contributed by atoms with van der Waals surface area (Å²) >= 11 is 0. The second-order valence-electron chi connectivity index (χ2n) is 7.81. The Hall–Kier alpha value is -3.80. The lowest BCUT2D eigenvalue weighted by Crippen LogP contribution is -2.51. The van der Waals surface area contributed by atoms with Crippen LogP contribution in [-0.2, 0) is 11.2 Å². The maximum atomic E-state index is 13.0. The zero-order valence-electron chi connectivity index (χ0n) is 17.0. The minimum Gasteiger partial charge on any atom is -0.339 e. The molecule has 0 unspecified atom stereocenters. The fourth-order valence-corrected chi connectivity index (χ4v) is 4.27. The largest absolute Gasteiger partial charge is 0.339 e. The number of nitrogens with zero attached hydrogens (tertiary/aromatic N) is 3. The molecule has 1 fully saturated rings. The Labute approximate surface area is 180 Å². The van der Waals surface area contributed by atoms with Gasteiger partial charge in [0.1, 0.15) is 0 Å². The number of benzene rings is 2. The van der Waals surface area contributed by atoms with Crippen molar-refractivity contribution >= 4 is 17.6 Å². The molecule has 6 heteroatoms. The first kappa shape index (κ1) is 19.2. The van der Waals surface area contributed by atoms with Gasteiger partial charge in [-0.05, 0) is 35.4 Å². The van der Waals surface area contributed by atoms with Gasteiger partial charge in [-0.15, -0.1) is 0 Å². The predicted molar refractivity (Wildman–Crippen MR) is 116 cm³/mol. The molecule has 2 aliphatic rings. The van der Waals surface area contributed by atoms with Gasteiger partial charge in [-0.1, -0.05) is 36.4 Å². The minimum atomic E-state index is -0.108. The van der Waals surface area contributed by atoms with Gasteiger partial charge in [-0.3, -0.25) is 19.4 Å². The van der Waals surface area contributed by atoms with Gasteiger partial charge in [-0.2, -0.15) is 0 Å². The number of rotatable bonds is 3. The van der Waals surface area contributed by atoms with E-state index in [9.17, 15) is 14.4 Å². The Balaban J connectivity index is 1.25. The van der Waals surface area contributed by atoms with Gasteiger partial charge in [0, 0.05) is 54.8 Å². The van der Waals surface area contributed by atoms with Crippen LogP contribution < -0.4 is 0 Å². The standard InChI is InChI=1S/C25H21N3O3/c29-23(16-18-5-3-4-10-26-18)27-11-13-28(14-12-27)25(31)17-8-9-20-19-6-1-2-7-21(19)24(30)22(20)15-17/h1-10,15H,11-14,16H2. The van der Waals surface area contributed by atoms with Gasteiger partial charge in [0.15, 0.2) is 5.78 Å². The molecule has 5 rings (SSSR count). The molecule has 1 aliphatic heterocycles. The van der Waals surface area contributed by atoms with Crippen molar-refractivity contribution in [2.24, 2.45) is 0 Å². The average Bonchev–Trinajstić information content (AvgIpc) is 3.11. The number of pyridine rings is 1.